The van der Waals surface area contributed by atoms with Crippen molar-refractivity contribution in [2.24, 2.45) is 0 Å². The standard InChI is InChI=1S/C28H27N3O5/c1-17(18-8-11-24-26(14-18)36-13-12-35-24)29-28(32)21-16-27(30-22-7-5-4-6-20(21)22)31-23-10-9-19(33-2)15-25(23)34-3/h4-11,14-17H,12-13H2,1-3H3,(H,29,32)(H,30,31). The van der Waals surface area contributed by atoms with Gasteiger partial charge in [0.25, 0.3) is 5.91 Å². The number of ether oxygens (including phenoxy) is 4. The van der Waals surface area contributed by atoms with Gasteiger partial charge in [0, 0.05) is 11.5 Å². The number of anilines is 2. The zero-order valence-electron chi connectivity index (χ0n) is 20.3. The van der Waals surface area contributed by atoms with E-state index >= 15 is 0 Å². The number of hydrogen-bond acceptors (Lipinski definition) is 7. The number of aromatic nitrogens is 1. The summed E-state index contributed by atoms with van der Waals surface area (Å²) in [6.45, 7) is 2.98. The fourth-order valence-electron chi connectivity index (χ4n) is 4.15. The summed E-state index contributed by atoms with van der Waals surface area (Å²) in [5.41, 5.74) is 2.84. The Labute approximate surface area is 209 Å². The molecule has 3 aromatic carbocycles. The molecule has 184 valence electrons. The van der Waals surface area contributed by atoms with Gasteiger partial charge in [0.15, 0.2) is 11.5 Å². The first-order valence-electron chi connectivity index (χ1n) is 11.6. The van der Waals surface area contributed by atoms with Crippen LogP contribution in [0.15, 0.2) is 66.7 Å². The Morgan fingerprint density at radius 2 is 1.75 bits per heavy atom. The van der Waals surface area contributed by atoms with Crippen molar-refractivity contribution in [2.45, 2.75) is 13.0 Å². The first-order chi connectivity index (χ1) is 17.6. The molecule has 0 aliphatic carbocycles. The lowest BCUT2D eigenvalue weighted by Crippen LogP contribution is -2.27. The molecule has 0 bridgehead atoms. The van der Waals surface area contributed by atoms with E-state index in [0.717, 1.165) is 10.9 Å². The molecule has 2 heterocycles. The van der Waals surface area contributed by atoms with Gasteiger partial charge >= 0.3 is 0 Å². The Morgan fingerprint density at radius 3 is 2.56 bits per heavy atom. The second-order valence-corrected chi connectivity index (χ2v) is 8.36. The van der Waals surface area contributed by atoms with E-state index in [4.69, 9.17) is 23.9 Å². The van der Waals surface area contributed by atoms with Crippen molar-refractivity contribution < 1.29 is 23.7 Å². The number of methoxy groups -OCH3 is 2. The van der Waals surface area contributed by atoms with Gasteiger partial charge < -0.3 is 29.6 Å². The molecule has 0 fully saturated rings. The minimum Gasteiger partial charge on any atom is -0.497 e. The van der Waals surface area contributed by atoms with Gasteiger partial charge in [-0.1, -0.05) is 24.3 Å². The quantitative estimate of drug-likeness (QED) is 0.369. The molecule has 8 nitrogen and oxygen atoms in total. The van der Waals surface area contributed by atoms with Crippen LogP contribution in [0.3, 0.4) is 0 Å². The molecule has 1 aliphatic rings. The van der Waals surface area contributed by atoms with Gasteiger partial charge in [-0.2, -0.15) is 0 Å². The smallest absolute Gasteiger partial charge is 0.252 e. The lowest BCUT2D eigenvalue weighted by atomic mass is 10.0. The molecule has 4 aromatic rings. The molecule has 2 N–H and O–H groups in total. The van der Waals surface area contributed by atoms with E-state index in [1.54, 1.807) is 26.4 Å². The Hall–Kier alpha value is -4.46. The largest absolute Gasteiger partial charge is 0.497 e. The van der Waals surface area contributed by atoms with Crippen molar-refractivity contribution in [3.63, 3.8) is 0 Å². The maximum absolute atomic E-state index is 13.5. The van der Waals surface area contributed by atoms with Crippen LogP contribution < -0.4 is 29.6 Å². The van der Waals surface area contributed by atoms with Crippen LogP contribution in [0.2, 0.25) is 0 Å². The third-order valence-electron chi connectivity index (χ3n) is 6.05. The number of carbonyl (C=O) groups excluding carboxylic acids is 1. The fourth-order valence-corrected chi connectivity index (χ4v) is 4.15. The normalized spacial score (nSPS) is 13.1. The van der Waals surface area contributed by atoms with E-state index in [2.05, 4.69) is 10.6 Å². The van der Waals surface area contributed by atoms with Crippen molar-refractivity contribution in [3.05, 3.63) is 77.9 Å². The second-order valence-electron chi connectivity index (χ2n) is 8.36. The van der Waals surface area contributed by atoms with Gasteiger partial charge in [0.1, 0.15) is 30.5 Å². The minimum absolute atomic E-state index is 0.208. The Morgan fingerprint density at radius 1 is 0.944 bits per heavy atom. The number of benzene rings is 3. The van der Waals surface area contributed by atoms with E-state index < -0.39 is 0 Å². The SMILES string of the molecule is COc1ccc(Nc2cc(C(=O)NC(C)c3ccc4c(c3)OCCO4)c3ccccc3n2)c(OC)c1. The average Bonchev–Trinajstić information content (AvgIpc) is 2.92. The fraction of sp³-hybridized carbons (Fsp3) is 0.214. The minimum atomic E-state index is -0.252. The molecule has 1 atom stereocenters. The summed E-state index contributed by atoms with van der Waals surface area (Å²) in [5, 5.41) is 7.15. The van der Waals surface area contributed by atoms with Crippen LogP contribution in [-0.2, 0) is 0 Å². The van der Waals surface area contributed by atoms with E-state index in [1.165, 1.54) is 0 Å². The molecule has 8 heteroatoms. The Kier molecular flexibility index (Phi) is 6.49. The Balaban J connectivity index is 1.44. The van der Waals surface area contributed by atoms with E-state index in [1.807, 2.05) is 61.5 Å². The van der Waals surface area contributed by atoms with Crippen molar-refractivity contribution in [2.75, 3.05) is 32.8 Å². The van der Waals surface area contributed by atoms with Gasteiger partial charge in [-0.3, -0.25) is 4.79 Å². The van der Waals surface area contributed by atoms with Crippen LogP contribution in [0.1, 0.15) is 28.9 Å². The molecule has 0 saturated heterocycles. The molecule has 1 aliphatic heterocycles. The molecule has 0 saturated carbocycles. The third-order valence-corrected chi connectivity index (χ3v) is 6.05. The predicted octanol–water partition coefficient (Wildman–Crippen LogP) is 5.26. The van der Waals surface area contributed by atoms with Crippen LogP contribution >= 0.6 is 0 Å². The van der Waals surface area contributed by atoms with Gasteiger partial charge in [-0.25, -0.2) is 4.98 Å². The van der Waals surface area contributed by atoms with Crippen molar-refractivity contribution in [3.8, 4) is 23.0 Å². The maximum Gasteiger partial charge on any atom is 0.252 e. The first kappa shape index (κ1) is 23.3. The highest BCUT2D eigenvalue weighted by atomic mass is 16.6. The third kappa shape index (κ3) is 4.70. The molecule has 0 spiro atoms. The van der Waals surface area contributed by atoms with Crippen LogP contribution in [0.25, 0.3) is 10.9 Å². The van der Waals surface area contributed by atoms with Gasteiger partial charge in [0.2, 0.25) is 0 Å². The van der Waals surface area contributed by atoms with E-state index in [9.17, 15) is 4.79 Å². The average molecular weight is 486 g/mol. The highest BCUT2D eigenvalue weighted by Crippen LogP contribution is 2.34. The lowest BCUT2D eigenvalue weighted by molar-refractivity contribution is 0.0941. The Bertz CT molecular complexity index is 1420. The number of rotatable bonds is 7. The summed E-state index contributed by atoms with van der Waals surface area (Å²) in [7, 11) is 3.19. The van der Waals surface area contributed by atoms with Crippen LogP contribution in [-0.4, -0.2) is 38.3 Å². The summed E-state index contributed by atoms with van der Waals surface area (Å²) >= 11 is 0. The zero-order chi connectivity index (χ0) is 25.1. The molecule has 1 aromatic heterocycles. The molecular formula is C28H27N3O5. The van der Waals surface area contributed by atoms with Gasteiger partial charge in [-0.15, -0.1) is 0 Å². The topological polar surface area (TPSA) is 90.9 Å². The molecule has 36 heavy (non-hydrogen) atoms. The highest BCUT2D eigenvalue weighted by Gasteiger charge is 2.19. The van der Waals surface area contributed by atoms with Crippen molar-refractivity contribution in [1.29, 1.82) is 0 Å². The predicted molar refractivity (Wildman–Crippen MR) is 138 cm³/mol. The van der Waals surface area contributed by atoms with Gasteiger partial charge in [-0.05, 0) is 48.9 Å². The van der Waals surface area contributed by atoms with Crippen molar-refractivity contribution >= 4 is 28.3 Å². The number of hydrogen-bond donors (Lipinski definition) is 2. The number of nitrogens with one attached hydrogen (secondary N) is 2. The number of fused-ring (bicyclic) bond motifs is 2. The molecular weight excluding hydrogens is 458 g/mol. The van der Waals surface area contributed by atoms with Crippen molar-refractivity contribution in [1.82, 2.24) is 10.3 Å². The van der Waals surface area contributed by atoms with Crippen LogP contribution in [0.4, 0.5) is 11.5 Å². The number of pyridine rings is 1. The molecule has 1 amide bonds. The zero-order valence-corrected chi connectivity index (χ0v) is 20.3. The number of amides is 1. The first-order valence-corrected chi connectivity index (χ1v) is 11.6. The summed E-state index contributed by atoms with van der Waals surface area (Å²) in [5.74, 6) is 3.00. The maximum atomic E-state index is 13.5. The molecule has 1 unspecified atom stereocenters. The second kappa shape index (κ2) is 10.0. The van der Waals surface area contributed by atoms with Crippen LogP contribution in [0.5, 0.6) is 23.0 Å². The highest BCUT2D eigenvalue weighted by molar-refractivity contribution is 6.07. The summed E-state index contributed by atoms with van der Waals surface area (Å²) in [6.07, 6.45) is 0. The summed E-state index contributed by atoms with van der Waals surface area (Å²) in [6, 6.07) is 20.2. The summed E-state index contributed by atoms with van der Waals surface area (Å²) in [4.78, 5) is 18.2. The van der Waals surface area contributed by atoms with E-state index in [-0.39, 0.29) is 11.9 Å². The number of para-hydroxylation sites is 1. The summed E-state index contributed by atoms with van der Waals surface area (Å²) < 4.78 is 22.1. The lowest BCUT2D eigenvalue weighted by Gasteiger charge is -2.21. The van der Waals surface area contributed by atoms with E-state index in [0.29, 0.717) is 58.8 Å². The molecule has 0 radical (unpaired) electrons. The number of carbonyl (C=O) groups is 1. The monoisotopic (exact) mass is 485 g/mol. The number of nitrogens with zero attached hydrogens (tertiary/aromatic N) is 1. The molecule has 5 rings (SSSR count). The van der Waals surface area contributed by atoms with Gasteiger partial charge in [0.05, 0.1) is 37.0 Å². The van der Waals surface area contributed by atoms with Crippen LogP contribution in [0, 0.1) is 0 Å².